The van der Waals surface area contributed by atoms with E-state index >= 15 is 0 Å². The summed E-state index contributed by atoms with van der Waals surface area (Å²) in [6.07, 6.45) is 0. The van der Waals surface area contributed by atoms with E-state index in [1.165, 1.54) is 0 Å². The lowest BCUT2D eigenvalue weighted by molar-refractivity contribution is 0.414. The monoisotopic (exact) mass is 284 g/mol. The van der Waals surface area contributed by atoms with Gasteiger partial charge in [-0.2, -0.15) is 0 Å². The van der Waals surface area contributed by atoms with Gasteiger partial charge in [-0.05, 0) is 29.8 Å². The highest BCUT2D eigenvalue weighted by Crippen LogP contribution is 2.19. The fourth-order valence-corrected chi connectivity index (χ4v) is 2.33. The first-order valence-electron chi connectivity index (χ1n) is 6.61. The molecule has 0 spiro atoms. The second kappa shape index (κ2) is 5.36. The molecule has 108 valence electrons. The van der Waals surface area contributed by atoms with E-state index in [1.807, 2.05) is 42.5 Å². The van der Waals surface area contributed by atoms with Crippen LogP contribution in [-0.2, 0) is 6.54 Å². The molecule has 21 heavy (non-hydrogen) atoms. The van der Waals surface area contributed by atoms with Gasteiger partial charge in [-0.1, -0.05) is 12.1 Å². The van der Waals surface area contributed by atoms with E-state index in [2.05, 4.69) is 4.98 Å². The van der Waals surface area contributed by atoms with Gasteiger partial charge >= 0.3 is 5.69 Å². The van der Waals surface area contributed by atoms with Crippen molar-refractivity contribution in [3.8, 4) is 11.5 Å². The van der Waals surface area contributed by atoms with Crippen LogP contribution in [0.15, 0.2) is 47.3 Å². The Bertz CT molecular complexity index is 816. The predicted molar refractivity (Wildman–Crippen MR) is 81.2 cm³/mol. The number of fused-ring (bicyclic) bond motifs is 1. The van der Waals surface area contributed by atoms with Crippen LogP contribution in [0, 0.1) is 0 Å². The Kier molecular flexibility index (Phi) is 3.39. The van der Waals surface area contributed by atoms with Gasteiger partial charge in [0.1, 0.15) is 11.5 Å². The van der Waals surface area contributed by atoms with Crippen LogP contribution < -0.4 is 15.2 Å². The second-order valence-electron chi connectivity index (χ2n) is 4.75. The molecule has 0 saturated heterocycles. The quantitative estimate of drug-likeness (QED) is 0.800. The van der Waals surface area contributed by atoms with Gasteiger partial charge in [0, 0.05) is 6.07 Å². The molecule has 0 fully saturated rings. The smallest absolute Gasteiger partial charge is 0.326 e. The van der Waals surface area contributed by atoms with Gasteiger partial charge in [0.25, 0.3) is 0 Å². The van der Waals surface area contributed by atoms with Crippen LogP contribution in [0.1, 0.15) is 5.56 Å². The molecule has 0 aliphatic rings. The highest BCUT2D eigenvalue weighted by molar-refractivity contribution is 5.77. The molecule has 1 heterocycles. The fraction of sp³-hybridized carbons (Fsp3) is 0.188. The minimum Gasteiger partial charge on any atom is -0.497 e. The van der Waals surface area contributed by atoms with Gasteiger partial charge in [0.05, 0.1) is 31.8 Å². The summed E-state index contributed by atoms with van der Waals surface area (Å²) in [6.45, 7) is 0.496. The Morgan fingerprint density at radius 3 is 2.33 bits per heavy atom. The number of imidazole rings is 1. The molecule has 0 unspecified atom stereocenters. The zero-order valence-electron chi connectivity index (χ0n) is 11.9. The minimum atomic E-state index is -0.130. The van der Waals surface area contributed by atoms with Crippen LogP contribution in [0.5, 0.6) is 11.5 Å². The van der Waals surface area contributed by atoms with Crippen molar-refractivity contribution < 1.29 is 9.47 Å². The maximum atomic E-state index is 12.1. The number of ether oxygens (including phenoxy) is 2. The molecular weight excluding hydrogens is 268 g/mol. The van der Waals surface area contributed by atoms with Crippen molar-refractivity contribution in [2.75, 3.05) is 14.2 Å². The highest BCUT2D eigenvalue weighted by Gasteiger charge is 2.08. The Morgan fingerprint density at radius 2 is 1.67 bits per heavy atom. The van der Waals surface area contributed by atoms with E-state index in [4.69, 9.17) is 9.47 Å². The third kappa shape index (κ3) is 2.50. The second-order valence-corrected chi connectivity index (χ2v) is 4.75. The third-order valence-electron chi connectivity index (χ3n) is 3.48. The number of hydrogen-bond acceptors (Lipinski definition) is 3. The molecule has 2 aromatic carbocycles. The van der Waals surface area contributed by atoms with E-state index in [-0.39, 0.29) is 5.69 Å². The zero-order valence-corrected chi connectivity index (χ0v) is 11.9. The average Bonchev–Trinajstić information content (AvgIpc) is 2.83. The van der Waals surface area contributed by atoms with Gasteiger partial charge in [-0.25, -0.2) is 4.79 Å². The molecule has 0 saturated carbocycles. The molecule has 0 atom stereocenters. The molecular formula is C16H16N2O3. The number of benzene rings is 2. The zero-order chi connectivity index (χ0) is 14.8. The molecule has 0 aliphatic heterocycles. The van der Waals surface area contributed by atoms with Crippen molar-refractivity contribution in [1.82, 2.24) is 9.55 Å². The molecule has 0 bridgehead atoms. The maximum absolute atomic E-state index is 12.1. The molecule has 5 heteroatoms. The summed E-state index contributed by atoms with van der Waals surface area (Å²) in [6, 6.07) is 13.2. The van der Waals surface area contributed by atoms with Crippen molar-refractivity contribution >= 4 is 11.0 Å². The van der Waals surface area contributed by atoms with Crippen molar-refractivity contribution in [3.63, 3.8) is 0 Å². The van der Waals surface area contributed by atoms with Crippen LogP contribution in [0.4, 0.5) is 0 Å². The Labute approximate surface area is 121 Å². The number of nitrogens with zero attached hydrogens (tertiary/aromatic N) is 1. The summed E-state index contributed by atoms with van der Waals surface area (Å²) in [5.41, 5.74) is 2.53. The molecule has 0 aliphatic carbocycles. The van der Waals surface area contributed by atoms with Crippen molar-refractivity contribution in [2.24, 2.45) is 0 Å². The van der Waals surface area contributed by atoms with Gasteiger partial charge < -0.3 is 14.5 Å². The van der Waals surface area contributed by atoms with Gasteiger partial charge in [0.15, 0.2) is 0 Å². The van der Waals surface area contributed by atoms with Gasteiger partial charge in [-0.3, -0.25) is 4.57 Å². The molecule has 3 aromatic rings. The van der Waals surface area contributed by atoms with E-state index in [9.17, 15) is 4.79 Å². The number of H-pyrrole nitrogens is 1. The van der Waals surface area contributed by atoms with E-state index in [0.29, 0.717) is 6.54 Å². The fourth-order valence-electron chi connectivity index (χ4n) is 2.33. The van der Waals surface area contributed by atoms with Crippen molar-refractivity contribution in [2.45, 2.75) is 6.54 Å². The molecule has 0 amide bonds. The Morgan fingerprint density at radius 1 is 1.00 bits per heavy atom. The number of hydrogen-bond donors (Lipinski definition) is 1. The maximum Gasteiger partial charge on any atom is 0.326 e. The largest absolute Gasteiger partial charge is 0.497 e. The first-order valence-corrected chi connectivity index (χ1v) is 6.61. The minimum absolute atomic E-state index is 0.130. The number of aromatic amines is 1. The lowest BCUT2D eigenvalue weighted by atomic mass is 10.2. The SMILES string of the molecule is COc1ccc(Cn2c(=O)[nH]c3ccc(OC)cc32)cc1. The molecule has 1 aromatic heterocycles. The van der Waals surface area contributed by atoms with Gasteiger partial charge in [-0.15, -0.1) is 0 Å². The number of aromatic nitrogens is 2. The number of methoxy groups -OCH3 is 2. The third-order valence-corrected chi connectivity index (χ3v) is 3.48. The molecule has 1 N–H and O–H groups in total. The van der Waals surface area contributed by atoms with Crippen LogP contribution in [-0.4, -0.2) is 23.8 Å². The Balaban J connectivity index is 2.02. The first-order chi connectivity index (χ1) is 10.2. The van der Waals surface area contributed by atoms with Crippen LogP contribution in [0.2, 0.25) is 0 Å². The average molecular weight is 284 g/mol. The first kappa shape index (κ1) is 13.3. The number of nitrogens with one attached hydrogen (secondary N) is 1. The summed E-state index contributed by atoms with van der Waals surface area (Å²) < 4.78 is 12.1. The summed E-state index contributed by atoms with van der Waals surface area (Å²) in [4.78, 5) is 15.0. The molecule has 5 nitrogen and oxygen atoms in total. The van der Waals surface area contributed by atoms with E-state index < -0.39 is 0 Å². The standard InChI is InChI=1S/C16H16N2O3/c1-20-12-5-3-11(4-6-12)10-18-15-9-13(21-2)7-8-14(15)17-16(18)19/h3-9H,10H2,1-2H3,(H,17,19). The van der Waals surface area contributed by atoms with Crippen molar-refractivity contribution in [1.29, 1.82) is 0 Å². The lowest BCUT2D eigenvalue weighted by Gasteiger charge is -2.06. The van der Waals surface area contributed by atoms with Gasteiger partial charge in [0.2, 0.25) is 0 Å². The predicted octanol–water partition coefficient (Wildman–Crippen LogP) is 2.40. The normalized spacial score (nSPS) is 10.8. The summed E-state index contributed by atoms with van der Waals surface area (Å²) in [7, 11) is 3.24. The van der Waals surface area contributed by atoms with Crippen LogP contribution in [0.25, 0.3) is 11.0 Å². The Hall–Kier alpha value is -2.69. The summed E-state index contributed by atoms with van der Waals surface area (Å²) >= 11 is 0. The summed E-state index contributed by atoms with van der Waals surface area (Å²) in [5, 5.41) is 0. The number of rotatable bonds is 4. The van der Waals surface area contributed by atoms with Crippen LogP contribution >= 0.6 is 0 Å². The summed E-state index contributed by atoms with van der Waals surface area (Å²) in [5.74, 6) is 1.52. The van der Waals surface area contributed by atoms with E-state index in [0.717, 1.165) is 28.1 Å². The van der Waals surface area contributed by atoms with Crippen LogP contribution in [0.3, 0.4) is 0 Å². The topological polar surface area (TPSA) is 56.2 Å². The molecule has 0 radical (unpaired) electrons. The molecule has 3 rings (SSSR count). The van der Waals surface area contributed by atoms with Crippen molar-refractivity contribution in [3.05, 3.63) is 58.5 Å². The van der Waals surface area contributed by atoms with E-state index in [1.54, 1.807) is 18.8 Å². The highest BCUT2D eigenvalue weighted by atomic mass is 16.5. The lowest BCUT2D eigenvalue weighted by Crippen LogP contribution is -2.17.